The Balaban J connectivity index is 2.15. The molecule has 3 heteroatoms. The van der Waals surface area contributed by atoms with E-state index in [1.54, 1.807) is 0 Å². The van der Waals surface area contributed by atoms with Crippen molar-refractivity contribution in [1.82, 2.24) is 0 Å². The average molecular weight is 563 g/mol. The third kappa shape index (κ3) is 3.95. The van der Waals surface area contributed by atoms with Gasteiger partial charge in [-0.1, -0.05) is 0 Å². The van der Waals surface area contributed by atoms with Gasteiger partial charge >= 0.3 is 204 Å². The van der Waals surface area contributed by atoms with Crippen molar-refractivity contribution in [2.45, 2.75) is 75.8 Å². The molecule has 0 fully saturated rings. The molecule has 0 heterocycles. The van der Waals surface area contributed by atoms with Crippen LogP contribution >= 0.6 is 17.0 Å². The second kappa shape index (κ2) is 6.14. The first-order valence-electron chi connectivity index (χ1n) is 12.2. The van der Waals surface area contributed by atoms with E-state index in [4.69, 9.17) is 21.2 Å². The zero-order chi connectivity index (χ0) is 24.9. The van der Waals surface area contributed by atoms with Crippen LogP contribution in [-0.4, -0.2) is 4.21 Å². The Hall–Kier alpha value is -0.747. The van der Waals surface area contributed by atoms with Crippen LogP contribution in [0.15, 0.2) is 60.2 Å². The van der Waals surface area contributed by atoms with Crippen LogP contribution in [0.2, 0.25) is 12.9 Å². The molecule has 0 aliphatic heterocycles. The van der Waals surface area contributed by atoms with E-state index in [-0.39, 0.29) is 18.1 Å². The van der Waals surface area contributed by atoms with E-state index in [9.17, 15) is 0 Å². The molecule has 0 spiro atoms. The summed E-state index contributed by atoms with van der Waals surface area (Å²) in [5.41, 5.74) is 8.82. The Bertz CT molecular complexity index is 1300. The maximum absolute atomic E-state index is 8.12. The van der Waals surface area contributed by atoms with Crippen LogP contribution in [0.3, 0.4) is 0 Å². The van der Waals surface area contributed by atoms with E-state index >= 15 is 0 Å². The van der Waals surface area contributed by atoms with Crippen molar-refractivity contribution in [3.05, 3.63) is 82.5 Å². The summed E-state index contributed by atoms with van der Waals surface area (Å²) in [4.78, 5) is 0. The van der Waals surface area contributed by atoms with Crippen molar-refractivity contribution >= 4 is 21.2 Å². The molecule has 0 saturated carbocycles. The fourth-order valence-corrected chi connectivity index (χ4v) is 23.2. The molecule has 2 aliphatic carbocycles. The molecule has 0 aromatic heterocycles. The monoisotopic (exact) mass is 560 g/mol. The number of halogens is 2. The van der Waals surface area contributed by atoms with E-state index < -0.39 is 12.9 Å². The molecule has 0 nitrogen and oxygen atoms in total. The van der Waals surface area contributed by atoms with Gasteiger partial charge < -0.3 is 0 Å². The molecular weight excluding hydrogens is 522 g/mol. The predicted molar refractivity (Wildman–Crippen MR) is 148 cm³/mol. The van der Waals surface area contributed by atoms with Gasteiger partial charge in [-0.2, -0.15) is 0 Å². The quantitative estimate of drug-likeness (QED) is 0.342. The normalized spacial score (nSPS) is 22.1. The zero-order valence-electron chi connectivity index (χ0n) is 21.8. The Kier molecular flexibility index (Phi) is 4.72. The second-order valence-corrected chi connectivity index (χ2v) is 60.5. The van der Waals surface area contributed by atoms with E-state index in [2.05, 4.69) is 112 Å². The van der Waals surface area contributed by atoms with Gasteiger partial charge in [-0.15, -0.1) is 0 Å². The number of benzene rings is 2. The third-order valence-electron chi connectivity index (χ3n) is 8.27. The molecule has 0 N–H and O–H groups in total. The molecule has 2 aromatic rings. The Labute approximate surface area is 202 Å². The summed E-state index contributed by atoms with van der Waals surface area (Å²) in [6, 6.07) is 13.8. The summed E-state index contributed by atoms with van der Waals surface area (Å²) >= 11 is -5.84. The summed E-state index contributed by atoms with van der Waals surface area (Å²) < 4.78 is 9.00. The minimum absolute atomic E-state index is 0.0273. The van der Waals surface area contributed by atoms with Gasteiger partial charge in [0, 0.05) is 0 Å². The van der Waals surface area contributed by atoms with Crippen molar-refractivity contribution in [2.24, 2.45) is 0 Å². The summed E-state index contributed by atoms with van der Waals surface area (Å²) in [5.74, 6) is 0. The average Bonchev–Trinajstić information content (AvgIpc) is 3.21. The fraction of sp³-hybridized carbons (Fsp3) is 0.433. The summed E-state index contributed by atoms with van der Waals surface area (Å²) in [6.45, 7) is 15.7. The summed E-state index contributed by atoms with van der Waals surface area (Å²) in [6.07, 6.45) is 6.59. The van der Waals surface area contributed by atoms with Gasteiger partial charge in [0.05, 0.1) is 0 Å². The summed E-state index contributed by atoms with van der Waals surface area (Å²) in [5, 5.41) is 0. The first-order chi connectivity index (χ1) is 14.5. The Morgan fingerprint density at radius 1 is 0.788 bits per heavy atom. The molecule has 0 saturated heterocycles. The minimum atomic E-state index is -5.84. The molecule has 2 aliphatic rings. The van der Waals surface area contributed by atoms with Gasteiger partial charge in [-0.25, -0.2) is 0 Å². The van der Waals surface area contributed by atoms with Crippen LogP contribution < -0.4 is 0 Å². The molecule has 4 rings (SSSR count). The van der Waals surface area contributed by atoms with Crippen LogP contribution in [0.1, 0.15) is 74.3 Å². The van der Waals surface area contributed by atoms with Gasteiger partial charge in [0.1, 0.15) is 0 Å². The van der Waals surface area contributed by atoms with E-state index in [1.807, 2.05) is 0 Å². The molecule has 0 radical (unpaired) electrons. The van der Waals surface area contributed by atoms with Crippen molar-refractivity contribution in [2.75, 3.05) is 0 Å². The SMILES string of the molecule is [CH2]=[Zr]([CH3])([CH3])([Cl])([Cl])([CH]1C=CC(C)=C1)[CH]1c2cc(C(C)(C)C)ccc2-c2ccc(C(C)(C)C)cc21. The predicted octanol–water partition coefficient (Wildman–Crippen LogP) is 10.3. The molecule has 1 unspecified atom stereocenters. The van der Waals surface area contributed by atoms with Crippen molar-refractivity contribution in [1.29, 1.82) is 0 Å². The number of hydrogen-bond donors (Lipinski definition) is 0. The first-order valence-corrected chi connectivity index (χ1v) is 28.0. The van der Waals surface area contributed by atoms with E-state index in [0.717, 1.165) is 0 Å². The fourth-order valence-electron chi connectivity index (χ4n) is 6.02. The van der Waals surface area contributed by atoms with Crippen molar-refractivity contribution in [3.63, 3.8) is 0 Å². The van der Waals surface area contributed by atoms with Crippen LogP contribution in [0.4, 0.5) is 0 Å². The number of allylic oxidation sites excluding steroid dienone is 4. The van der Waals surface area contributed by atoms with Crippen LogP contribution in [-0.2, 0) is 23.8 Å². The Morgan fingerprint density at radius 3 is 1.55 bits per heavy atom. The molecule has 33 heavy (non-hydrogen) atoms. The van der Waals surface area contributed by atoms with Gasteiger partial charge in [-0.3, -0.25) is 0 Å². The molecule has 2 aromatic carbocycles. The maximum atomic E-state index is 8.12. The number of hydrogen-bond acceptors (Lipinski definition) is 0. The zero-order valence-corrected chi connectivity index (χ0v) is 25.8. The van der Waals surface area contributed by atoms with Crippen LogP contribution in [0.25, 0.3) is 11.1 Å². The van der Waals surface area contributed by atoms with Gasteiger partial charge in [0.25, 0.3) is 0 Å². The molecule has 0 amide bonds. The molecule has 0 bridgehead atoms. The second-order valence-electron chi connectivity index (χ2n) is 14.8. The molecule has 178 valence electrons. The Morgan fingerprint density at radius 2 is 1.21 bits per heavy atom. The van der Waals surface area contributed by atoms with Gasteiger partial charge in [0.2, 0.25) is 0 Å². The topological polar surface area (TPSA) is 0 Å². The van der Waals surface area contributed by atoms with Gasteiger partial charge in [0.15, 0.2) is 0 Å². The molecule has 1 atom stereocenters. The standard InChI is InChI=1S/C21H25.C6H7.2CH3.CH2.2ClH.Zr/c1-20(2,3)16-7-9-18-14(12-16)11-15-13-17(21(4,5)6)8-10-19(15)18;1-6-4-2-3-5-6;;;;;;/h7-13H,1-6H3;2-5H,1H3;2*1H3;1H2;2*1H;/q;;;;;;;+2/p-2. The van der Waals surface area contributed by atoms with Crippen molar-refractivity contribution < 1.29 is 12.9 Å². The number of rotatable bonds is 2. The summed E-state index contributed by atoms with van der Waals surface area (Å²) in [7, 11) is 16.2. The first kappa shape index (κ1) is 25.3. The van der Waals surface area contributed by atoms with Crippen LogP contribution in [0.5, 0.6) is 0 Å². The third-order valence-corrected chi connectivity index (χ3v) is 28.6. The van der Waals surface area contributed by atoms with Gasteiger partial charge in [-0.05, 0) is 0 Å². The molecular formula is C30H40Cl2Zr. The van der Waals surface area contributed by atoms with Crippen LogP contribution in [0, 0.1) is 0 Å². The van der Waals surface area contributed by atoms with E-state index in [0.29, 0.717) is 0 Å². The number of fused-ring (bicyclic) bond motifs is 3. The van der Waals surface area contributed by atoms with Crippen molar-refractivity contribution in [3.8, 4) is 11.1 Å². The van der Waals surface area contributed by atoms with E-state index in [1.165, 1.54) is 39.0 Å².